The fraction of sp³-hybridized carbons (Fsp3) is 0.609. The van der Waals surface area contributed by atoms with Crippen LogP contribution in [0.2, 0.25) is 0 Å². The summed E-state index contributed by atoms with van der Waals surface area (Å²) in [7, 11) is 0. The first-order valence-corrected chi connectivity index (χ1v) is 12.2. The zero-order chi connectivity index (χ0) is 21.1. The lowest BCUT2D eigenvalue weighted by atomic mass is 9.99. The quantitative estimate of drug-likeness (QED) is 0.680. The number of rotatable bonds is 5. The minimum atomic E-state index is 0.142. The standard InChI is InChI=1S/C23H32N4O2S/c1-17-10-13-25(14-11-17)21(28)15-27-20-9-4-3-8-19(20)24-23(27)30-16-22(29)26-12-6-5-7-18(26)2/h3-4,8-9,17-18H,5-7,10-16H2,1-2H3. The molecule has 0 aliphatic carbocycles. The highest BCUT2D eigenvalue weighted by atomic mass is 32.2. The molecule has 162 valence electrons. The number of hydrogen-bond donors (Lipinski definition) is 0. The first-order valence-electron chi connectivity index (χ1n) is 11.2. The van der Waals surface area contributed by atoms with Gasteiger partial charge in [0.15, 0.2) is 5.16 Å². The van der Waals surface area contributed by atoms with Crippen LogP contribution < -0.4 is 0 Å². The van der Waals surface area contributed by atoms with Crippen molar-refractivity contribution in [3.8, 4) is 0 Å². The number of nitrogens with zero attached hydrogens (tertiary/aromatic N) is 4. The molecule has 0 bridgehead atoms. The molecule has 1 aromatic heterocycles. The number of hydrogen-bond acceptors (Lipinski definition) is 4. The topological polar surface area (TPSA) is 58.4 Å². The van der Waals surface area contributed by atoms with Gasteiger partial charge in [-0.2, -0.15) is 0 Å². The summed E-state index contributed by atoms with van der Waals surface area (Å²) in [5.41, 5.74) is 1.83. The zero-order valence-electron chi connectivity index (χ0n) is 18.0. The lowest BCUT2D eigenvalue weighted by molar-refractivity contribution is -0.133. The second-order valence-electron chi connectivity index (χ2n) is 8.75. The Morgan fingerprint density at radius 3 is 2.57 bits per heavy atom. The van der Waals surface area contributed by atoms with E-state index in [0.717, 1.165) is 61.5 Å². The molecular formula is C23H32N4O2S. The Balaban J connectivity index is 1.49. The van der Waals surface area contributed by atoms with Crippen LogP contribution in [0.3, 0.4) is 0 Å². The second kappa shape index (κ2) is 9.41. The first-order chi connectivity index (χ1) is 14.5. The molecule has 2 aliphatic heterocycles. The molecule has 0 N–H and O–H groups in total. The number of piperidine rings is 2. The number of para-hydroxylation sites is 2. The number of likely N-dealkylation sites (tertiary alicyclic amines) is 2. The maximum absolute atomic E-state index is 13.0. The highest BCUT2D eigenvalue weighted by molar-refractivity contribution is 7.99. The average molecular weight is 429 g/mol. The molecule has 7 heteroatoms. The number of benzene rings is 1. The van der Waals surface area contributed by atoms with E-state index in [1.165, 1.54) is 18.2 Å². The van der Waals surface area contributed by atoms with Gasteiger partial charge >= 0.3 is 0 Å². The van der Waals surface area contributed by atoms with Crippen molar-refractivity contribution in [1.82, 2.24) is 19.4 Å². The van der Waals surface area contributed by atoms with Crippen LogP contribution in [0.1, 0.15) is 46.0 Å². The third-order valence-corrected chi connectivity index (χ3v) is 7.46. The Morgan fingerprint density at radius 1 is 1.03 bits per heavy atom. The van der Waals surface area contributed by atoms with E-state index in [-0.39, 0.29) is 18.4 Å². The summed E-state index contributed by atoms with van der Waals surface area (Å²) >= 11 is 1.46. The van der Waals surface area contributed by atoms with Gasteiger partial charge in [0.2, 0.25) is 11.8 Å². The summed E-state index contributed by atoms with van der Waals surface area (Å²) in [5.74, 6) is 1.37. The molecule has 3 heterocycles. The van der Waals surface area contributed by atoms with Crippen LogP contribution in [-0.4, -0.2) is 62.6 Å². The van der Waals surface area contributed by atoms with Crippen LogP contribution in [0.25, 0.3) is 11.0 Å². The largest absolute Gasteiger partial charge is 0.341 e. The molecule has 0 saturated carbocycles. The Labute approximate surface area is 183 Å². The van der Waals surface area contributed by atoms with Crippen molar-refractivity contribution in [1.29, 1.82) is 0 Å². The second-order valence-corrected chi connectivity index (χ2v) is 9.70. The molecule has 2 aliphatic rings. The summed E-state index contributed by atoms with van der Waals surface area (Å²) in [4.78, 5) is 34.5. The van der Waals surface area contributed by atoms with Gasteiger partial charge in [0.1, 0.15) is 6.54 Å². The monoisotopic (exact) mass is 428 g/mol. The maximum Gasteiger partial charge on any atom is 0.242 e. The molecule has 4 rings (SSSR count). The summed E-state index contributed by atoms with van der Waals surface area (Å²) in [6, 6.07) is 8.23. The average Bonchev–Trinajstić information content (AvgIpc) is 3.10. The molecule has 1 atom stereocenters. The molecule has 1 unspecified atom stereocenters. The molecule has 1 aromatic carbocycles. The van der Waals surface area contributed by atoms with Gasteiger partial charge in [-0.3, -0.25) is 9.59 Å². The van der Waals surface area contributed by atoms with Crippen molar-refractivity contribution in [3.63, 3.8) is 0 Å². The third-order valence-electron chi connectivity index (χ3n) is 6.50. The molecule has 30 heavy (non-hydrogen) atoms. The first kappa shape index (κ1) is 21.2. The van der Waals surface area contributed by atoms with E-state index in [2.05, 4.69) is 13.8 Å². The molecule has 2 aromatic rings. The number of aromatic nitrogens is 2. The fourth-order valence-corrected chi connectivity index (χ4v) is 5.39. The molecule has 0 spiro atoms. The predicted octanol–water partition coefficient (Wildman–Crippen LogP) is 3.79. The molecule has 0 radical (unpaired) electrons. The smallest absolute Gasteiger partial charge is 0.242 e. The SMILES string of the molecule is CC1CCN(C(=O)Cn2c(SCC(=O)N3CCCCC3C)nc3ccccc32)CC1. The number of imidazole rings is 1. The number of amides is 2. The normalized spacial score (nSPS) is 20.7. The van der Waals surface area contributed by atoms with Crippen LogP contribution in [0.15, 0.2) is 29.4 Å². The van der Waals surface area contributed by atoms with Gasteiger partial charge in [0.25, 0.3) is 0 Å². The van der Waals surface area contributed by atoms with Gasteiger partial charge in [-0.15, -0.1) is 0 Å². The van der Waals surface area contributed by atoms with Crippen molar-refractivity contribution < 1.29 is 9.59 Å². The van der Waals surface area contributed by atoms with Crippen LogP contribution in [-0.2, 0) is 16.1 Å². The predicted molar refractivity (Wildman–Crippen MR) is 120 cm³/mol. The lowest BCUT2D eigenvalue weighted by Gasteiger charge is -2.33. The van der Waals surface area contributed by atoms with Crippen LogP contribution in [0, 0.1) is 5.92 Å². The molecular weight excluding hydrogens is 396 g/mol. The summed E-state index contributed by atoms with van der Waals surface area (Å²) in [6.45, 7) is 7.19. The van der Waals surface area contributed by atoms with Crippen molar-refractivity contribution in [2.45, 2.75) is 63.7 Å². The van der Waals surface area contributed by atoms with E-state index in [0.29, 0.717) is 17.7 Å². The minimum absolute atomic E-state index is 0.142. The minimum Gasteiger partial charge on any atom is -0.341 e. The van der Waals surface area contributed by atoms with Gasteiger partial charge in [-0.1, -0.05) is 30.8 Å². The van der Waals surface area contributed by atoms with E-state index >= 15 is 0 Å². The number of carbonyl (C=O) groups excluding carboxylic acids is 2. The molecule has 6 nitrogen and oxygen atoms in total. The van der Waals surface area contributed by atoms with Gasteiger partial charge < -0.3 is 14.4 Å². The summed E-state index contributed by atoms with van der Waals surface area (Å²) in [6.07, 6.45) is 5.51. The van der Waals surface area contributed by atoms with Crippen LogP contribution >= 0.6 is 11.8 Å². The van der Waals surface area contributed by atoms with Gasteiger partial charge in [0, 0.05) is 25.7 Å². The van der Waals surface area contributed by atoms with Gasteiger partial charge in [-0.05, 0) is 57.1 Å². The molecule has 2 saturated heterocycles. The van der Waals surface area contributed by atoms with Gasteiger partial charge in [0.05, 0.1) is 16.8 Å². The lowest BCUT2D eigenvalue weighted by Crippen LogP contribution is -2.43. The fourth-order valence-electron chi connectivity index (χ4n) is 4.49. The molecule has 2 fully saturated rings. The highest BCUT2D eigenvalue weighted by Gasteiger charge is 2.25. The van der Waals surface area contributed by atoms with Crippen molar-refractivity contribution in [2.24, 2.45) is 5.92 Å². The van der Waals surface area contributed by atoms with Gasteiger partial charge in [-0.25, -0.2) is 4.98 Å². The van der Waals surface area contributed by atoms with E-state index in [4.69, 9.17) is 4.98 Å². The maximum atomic E-state index is 13.0. The summed E-state index contributed by atoms with van der Waals surface area (Å²) in [5, 5.41) is 0.757. The Kier molecular flexibility index (Phi) is 6.66. The number of thioether (sulfide) groups is 1. The van der Waals surface area contributed by atoms with E-state index in [1.807, 2.05) is 38.6 Å². The highest BCUT2D eigenvalue weighted by Crippen LogP contribution is 2.26. The van der Waals surface area contributed by atoms with Crippen molar-refractivity contribution >= 4 is 34.6 Å². The van der Waals surface area contributed by atoms with E-state index in [1.54, 1.807) is 0 Å². The van der Waals surface area contributed by atoms with E-state index < -0.39 is 0 Å². The summed E-state index contributed by atoms with van der Waals surface area (Å²) < 4.78 is 1.99. The van der Waals surface area contributed by atoms with Crippen molar-refractivity contribution in [3.05, 3.63) is 24.3 Å². The number of fused-ring (bicyclic) bond motifs is 1. The Bertz CT molecular complexity index is 904. The van der Waals surface area contributed by atoms with Crippen LogP contribution in [0.5, 0.6) is 0 Å². The Morgan fingerprint density at radius 2 is 1.80 bits per heavy atom. The Hall–Kier alpha value is -2.02. The van der Waals surface area contributed by atoms with Crippen LogP contribution in [0.4, 0.5) is 0 Å². The van der Waals surface area contributed by atoms with Crippen molar-refractivity contribution in [2.75, 3.05) is 25.4 Å². The molecule has 2 amide bonds. The van der Waals surface area contributed by atoms with E-state index in [9.17, 15) is 9.59 Å². The third kappa shape index (κ3) is 4.66. The number of carbonyl (C=O) groups is 2. The zero-order valence-corrected chi connectivity index (χ0v) is 18.9.